The SMILES string of the molecule is CCCS(=O)(=O)Oc1ccccc1I. The van der Waals surface area contributed by atoms with Gasteiger partial charge in [-0.1, -0.05) is 19.1 Å². The van der Waals surface area contributed by atoms with E-state index in [4.69, 9.17) is 4.18 Å². The summed E-state index contributed by atoms with van der Waals surface area (Å²) in [7, 11) is -3.41. The molecule has 0 aliphatic carbocycles. The predicted molar refractivity (Wildman–Crippen MR) is 63.9 cm³/mol. The van der Waals surface area contributed by atoms with E-state index in [-0.39, 0.29) is 5.75 Å². The molecule has 0 heterocycles. The molecular formula is C9H11IO3S. The van der Waals surface area contributed by atoms with Crippen molar-refractivity contribution >= 4 is 32.7 Å². The largest absolute Gasteiger partial charge is 0.381 e. The van der Waals surface area contributed by atoms with Crippen LogP contribution in [0, 0.1) is 3.57 Å². The first kappa shape index (κ1) is 11.8. The van der Waals surface area contributed by atoms with Crippen LogP contribution in [0.15, 0.2) is 24.3 Å². The van der Waals surface area contributed by atoms with Crippen molar-refractivity contribution in [3.05, 3.63) is 27.8 Å². The summed E-state index contributed by atoms with van der Waals surface area (Å²) < 4.78 is 28.4. The molecule has 0 fully saturated rings. The third-order valence-electron chi connectivity index (χ3n) is 1.51. The van der Waals surface area contributed by atoms with Gasteiger partial charge in [0.1, 0.15) is 0 Å². The van der Waals surface area contributed by atoms with Crippen molar-refractivity contribution in [3.63, 3.8) is 0 Å². The minimum atomic E-state index is -3.41. The van der Waals surface area contributed by atoms with Gasteiger partial charge in [0.2, 0.25) is 0 Å². The molecule has 78 valence electrons. The van der Waals surface area contributed by atoms with Gasteiger partial charge in [-0.25, -0.2) is 0 Å². The predicted octanol–water partition coefficient (Wildman–Crippen LogP) is 2.41. The molecule has 0 spiro atoms. The maximum Gasteiger partial charge on any atom is 0.309 e. The molecule has 0 saturated carbocycles. The number of hydrogen-bond donors (Lipinski definition) is 0. The highest BCUT2D eigenvalue weighted by Crippen LogP contribution is 2.21. The zero-order valence-corrected chi connectivity index (χ0v) is 10.7. The van der Waals surface area contributed by atoms with Crippen molar-refractivity contribution in [2.75, 3.05) is 5.75 Å². The van der Waals surface area contributed by atoms with E-state index < -0.39 is 10.1 Å². The van der Waals surface area contributed by atoms with E-state index in [0.29, 0.717) is 12.2 Å². The van der Waals surface area contributed by atoms with Crippen molar-refractivity contribution in [3.8, 4) is 5.75 Å². The standard InChI is InChI=1S/C9H11IO3S/c1-2-7-14(11,12)13-9-6-4-3-5-8(9)10/h3-6H,2,7H2,1H3. The fourth-order valence-corrected chi connectivity index (χ4v) is 2.59. The van der Waals surface area contributed by atoms with Crippen LogP contribution in [0.3, 0.4) is 0 Å². The van der Waals surface area contributed by atoms with Crippen LogP contribution in [0.2, 0.25) is 0 Å². The zero-order valence-electron chi connectivity index (χ0n) is 7.73. The van der Waals surface area contributed by atoms with Gasteiger partial charge in [-0.3, -0.25) is 0 Å². The number of benzene rings is 1. The number of halogens is 1. The Kier molecular flexibility index (Phi) is 4.18. The maximum absolute atomic E-state index is 11.3. The smallest absolute Gasteiger partial charge is 0.309 e. The molecule has 3 nitrogen and oxygen atoms in total. The second kappa shape index (κ2) is 4.97. The first-order valence-corrected chi connectivity index (χ1v) is 6.87. The van der Waals surface area contributed by atoms with E-state index >= 15 is 0 Å². The number of para-hydroxylation sites is 1. The van der Waals surface area contributed by atoms with Gasteiger partial charge in [-0.05, 0) is 41.1 Å². The molecule has 14 heavy (non-hydrogen) atoms. The Balaban J connectivity index is 2.84. The third kappa shape index (κ3) is 3.45. The molecule has 0 aliphatic rings. The normalized spacial score (nSPS) is 11.3. The van der Waals surface area contributed by atoms with Crippen LogP contribution < -0.4 is 4.18 Å². The van der Waals surface area contributed by atoms with Gasteiger partial charge in [-0.15, -0.1) is 0 Å². The molecule has 1 aromatic carbocycles. The summed E-state index contributed by atoms with van der Waals surface area (Å²) in [6.07, 6.45) is 0.561. The lowest BCUT2D eigenvalue weighted by atomic mass is 10.3. The molecule has 5 heteroatoms. The van der Waals surface area contributed by atoms with E-state index in [2.05, 4.69) is 0 Å². The van der Waals surface area contributed by atoms with Crippen molar-refractivity contribution in [2.24, 2.45) is 0 Å². The van der Waals surface area contributed by atoms with E-state index in [1.54, 1.807) is 25.1 Å². The zero-order chi connectivity index (χ0) is 10.6. The Morgan fingerprint density at radius 3 is 2.57 bits per heavy atom. The molecule has 1 aromatic rings. The Morgan fingerprint density at radius 1 is 1.36 bits per heavy atom. The minimum Gasteiger partial charge on any atom is -0.381 e. The topological polar surface area (TPSA) is 43.4 Å². The molecule has 0 N–H and O–H groups in total. The van der Waals surface area contributed by atoms with Crippen LogP contribution in [-0.2, 0) is 10.1 Å². The van der Waals surface area contributed by atoms with Crippen LogP contribution in [0.5, 0.6) is 5.75 Å². The highest BCUT2D eigenvalue weighted by atomic mass is 127. The summed E-state index contributed by atoms with van der Waals surface area (Å²) in [5.74, 6) is 0.458. The van der Waals surface area contributed by atoms with Gasteiger partial charge >= 0.3 is 10.1 Å². The number of rotatable bonds is 4. The van der Waals surface area contributed by atoms with Crippen LogP contribution in [-0.4, -0.2) is 14.2 Å². The van der Waals surface area contributed by atoms with Crippen LogP contribution >= 0.6 is 22.6 Å². The maximum atomic E-state index is 11.3. The van der Waals surface area contributed by atoms with Gasteiger partial charge in [0.25, 0.3) is 0 Å². The molecule has 0 aliphatic heterocycles. The van der Waals surface area contributed by atoms with Gasteiger partial charge < -0.3 is 4.18 Å². The van der Waals surface area contributed by atoms with Crippen LogP contribution in [0.4, 0.5) is 0 Å². The average Bonchev–Trinajstić information content (AvgIpc) is 2.08. The summed E-state index contributed by atoms with van der Waals surface area (Å²) in [5.41, 5.74) is 0. The molecular weight excluding hydrogens is 315 g/mol. The number of hydrogen-bond acceptors (Lipinski definition) is 3. The highest BCUT2D eigenvalue weighted by molar-refractivity contribution is 14.1. The lowest BCUT2D eigenvalue weighted by Crippen LogP contribution is -2.13. The van der Waals surface area contributed by atoms with E-state index in [9.17, 15) is 8.42 Å². The molecule has 0 aromatic heterocycles. The van der Waals surface area contributed by atoms with Crippen LogP contribution in [0.25, 0.3) is 0 Å². The summed E-state index contributed by atoms with van der Waals surface area (Å²) in [6, 6.07) is 7.03. The highest BCUT2D eigenvalue weighted by Gasteiger charge is 2.12. The second-order valence-corrected chi connectivity index (χ2v) is 5.63. The molecule has 0 amide bonds. The Bertz CT molecular complexity index is 400. The van der Waals surface area contributed by atoms with Gasteiger partial charge in [-0.2, -0.15) is 8.42 Å². The molecule has 0 saturated heterocycles. The molecule has 0 radical (unpaired) electrons. The molecule has 1 rings (SSSR count). The molecule has 0 unspecified atom stereocenters. The first-order chi connectivity index (χ1) is 6.55. The summed E-state index contributed by atoms with van der Waals surface area (Å²) >= 11 is 2.04. The van der Waals surface area contributed by atoms with E-state index in [1.807, 2.05) is 28.7 Å². The Hall–Kier alpha value is -0.300. The van der Waals surface area contributed by atoms with Crippen molar-refractivity contribution in [2.45, 2.75) is 13.3 Å². The van der Waals surface area contributed by atoms with E-state index in [0.717, 1.165) is 3.57 Å². The van der Waals surface area contributed by atoms with Crippen molar-refractivity contribution in [1.29, 1.82) is 0 Å². The Labute approximate surface area is 97.7 Å². The van der Waals surface area contributed by atoms with Crippen LogP contribution in [0.1, 0.15) is 13.3 Å². The van der Waals surface area contributed by atoms with Gasteiger partial charge in [0, 0.05) is 0 Å². The Morgan fingerprint density at radius 2 is 2.00 bits per heavy atom. The monoisotopic (exact) mass is 326 g/mol. The summed E-state index contributed by atoms with van der Waals surface area (Å²) in [6.45, 7) is 1.80. The summed E-state index contributed by atoms with van der Waals surface area (Å²) in [5, 5.41) is 0. The van der Waals surface area contributed by atoms with Crippen molar-refractivity contribution in [1.82, 2.24) is 0 Å². The molecule has 0 bridgehead atoms. The lowest BCUT2D eigenvalue weighted by Gasteiger charge is -2.06. The second-order valence-electron chi connectivity index (χ2n) is 2.78. The van der Waals surface area contributed by atoms with Gasteiger partial charge in [0.05, 0.1) is 9.32 Å². The minimum absolute atomic E-state index is 0.0535. The summed E-state index contributed by atoms with van der Waals surface area (Å²) in [4.78, 5) is 0. The average molecular weight is 326 g/mol. The van der Waals surface area contributed by atoms with Gasteiger partial charge in [0.15, 0.2) is 5.75 Å². The third-order valence-corrected chi connectivity index (χ3v) is 3.74. The van der Waals surface area contributed by atoms with Crippen molar-refractivity contribution < 1.29 is 12.6 Å². The quantitative estimate of drug-likeness (QED) is 0.630. The van der Waals surface area contributed by atoms with E-state index in [1.165, 1.54) is 0 Å². The fourth-order valence-electron chi connectivity index (χ4n) is 0.941. The lowest BCUT2D eigenvalue weighted by molar-refractivity contribution is 0.483. The first-order valence-electron chi connectivity index (χ1n) is 4.22. The molecule has 0 atom stereocenters. The fraction of sp³-hybridized carbons (Fsp3) is 0.333.